The van der Waals surface area contributed by atoms with Gasteiger partial charge in [0.1, 0.15) is 5.69 Å². The lowest BCUT2D eigenvalue weighted by Gasteiger charge is -2.24. The number of anilines is 1. The number of carbonyl (C=O) groups excluding carboxylic acids is 1. The summed E-state index contributed by atoms with van der Waals surface area (Å²) in [4.78, 5) is 24.9. The molecule has 1 N–H and O–H groups in total. The van der Waals surface area contributed by atoms with E-state index in [4.69, 9.17) is 4.74 Å². The molecule has 1 saturated heterocycles. The van der Waals surface area contributed by atoms with Crippen molar-refractivity contribution in [2.45, 2.75) is 19.4 Å². The molecule has 1 amide bonds. The van der Waals surface area contributed by atoms with Gasteiger partial charge in [-0.2, -0.15) is 0 Å². The number of benzene rings is 1. The molecule has 114 valence electrons. The van der Waals surface area contributed by atoms with E-state index in [-0.39, 0.29) is 23.3 Å². The molecule has 1 aromatic carbocycles. The number of ether oxygens (including phenoxy) is 1. The Labute approximate surface area is 123 Å². The minimum absolute atomic E-state index is 0.0197. The Morgan fingerprint density at radius 2 is 2.33 bits per heavy atom. The molecule has 0 radical (unpaired) electrons. The van der Waals surface area contributed by atoms with Crippen molar-refractivity contribution in [1.29, 1.82) is 0 Å². The third kappa shape index (κ3) is 3.13. The average molecular weight is 293 g/mol. The number of nitro benzene ring substituents is 1. The maximum absolute atomic E-state index is 12.6. The predicted octanol–water partition coefficient (Wildman–Crippen LogP) is 1.89. The van der Waals surface area contributed by atoms with Gasteiger partial charge in [-0.15, -0.1) is 0 Å². The monoisotopic (exact) mass is 293 g/mol. The van der Waals surface area contributed by atoms with Crippen LogP contribution in [0.15, 0.2) is 18.2 Å². The van der Waals surface area contributed by atoms with Crippen LogP contribution in [0.1, 0.15) is 23.7 Å². The summed E-state index contributed by atoms with van der Waals surface area (Å²) in [6.45, 7) is 3.48. The molecule has 7 nitrogen and oxygen atoms in total. The van der Waals surface area contributed by atoms with E-state index in [0.29, 0.717) is 25.3 Å². The van der Waals surface area contributed by atoms with Gasteiger partial charge < -0.3 is 15.0 Å². The number of nitro groups is 1. The second kappa shape index (κ2) is 6.53. The molecular weight excluding hydrogens is 274 g/mol. The summed E-state index contributed by atoms with van der Waals surface area (Å²) in [5.74, 6) is -0.231. The zero-order valence-electron chi connectivity index (χ0n) is 12.2. The third-order valence-corrected chi connectivity index (χ3v) is 3.60. The van der Waals surface area contributed by atoms with Crippen molar-refractivity contribution in [1.82, 2.24) is 4.90 Å². The molecule has 7 heteroatoms. The van der Waals surface area contributed by atoms with E-state index in [1.165, 1.54) is 12.1 Å². The first kappa shape index (κ1) is 15.2. The zero-order valence-corrected chi connectivity index (χ0v) is 12.2. The average Bonchev–Trinajstić information content (AvgIpc) is 3.00. The Hall–Kier alpha value is -2.15. The fourth-order valence-electron chi connectivity index (χ4n) is 2.42. The topological polar surface area (TPSA) is 84.7 Å². The van der Waals surface area contributed by atoms with Gasteiger partial charge in [0.15, 0.2) is 0 Å². The number of nitrogens with one attached hydrogen (secondary N) is 1. The van der Waals surface area contributed by atoms with E-state index in [2.05, 4.69) is 5.32 Å². The SMILES string of the molecule is CCNc1c(C(=O)N(C)C2CCOC2)cccc1[N+](=O)[O-]. The Morgan fingerprint density at radius 1 is 1.57 bits per heavy atom. The number of rotatable bonds is 5. The summed E-state index contributed by atoms with van der Waals surface area (Å²) >= 11 is 0. The molecule has 2 rings (SSSR count). The highest BCUT2D eigenvalue weighted by molar-refractivity contribution is 6.01. The van der Waals surface area contributed by atoms with Crippen LogP contribution in [0.5, 0.6) is 0 Å². The first-order valence-electron chi connectivity index (χ1n) is 6.92. The second-order valence-corrected chi connectivity index (χ2v) is 4.92. The summed E-state index contributed by atoms with van der Waals surface area (Å²) in [7, 11) is 1.70. The van der Waals surface area contributed by atoms with Crippen molar-refractivity contribution >= 4 is 17.3 Å². The largest absolute Gasteiger partial charge is 0.379 e. The van der Waals surface area contributed by atoms with E-state index in [1.54, 1.807) is 18.0 Å². The molecule has 1 aliphatic rings. The first-order valence-corrected chi connectivity index (χ1v) is 6.92. The van der Waals surface area contributed by atoms with Crippen LogP contribution in [0.3, 0.4) is 0 Å². The van der Waals surface area contributed by atoms with Crippen LogP contribution in [-0.4, -0.2) is 48.6 Å². The highest BCUT2D eigenvalue weighted by Crippen LogP contribution is 2.29. The summed E-state index contributed by atoms with van der Waals surface area (Å²) in [5.41, 5.74) is 0.514. The molecule has 1 fully saturated rings. The van der Waals surface area contributed by atoms with Crippen molar-refractivity contribution in [3.63, 3.8) is 0 Å². The number of hydrogen-bond donors (Lipinski definition) is 1. The molecular formula is C14H19N3O4. The highest BCUT2D eigenvalue weighted by atomic mass is 16.6. The molecule has 0 bridgehead atoms. The molecule has 1 aliphatic heterocycles. The summed E-state index contributed by atoms with van der Waals surface area (Å²) in [6.07, 6.45) is 0.785. The zero-order chi connectivity index (χ0) is 15.4. The van der Waals surface area contributed by atoms with E-state index >= 15 is 0 Å². The molecule has 1 aromatic rings. The van der Waals surface area contributed by atoms with Gasteiger partial charge >= 0.3 is 0 Å². The highest BCUT2D eigenvalue weighted by Gasteiger charge is 2.28. The van der Waals surface area contributed by atoms with Gasteiger partial charge in [-0.25, -0.2) is 0 Å². The van der Waals surface area contributed by atoms with E-state index < -0.39 is 4.92 Å². The van der Waals surface area contributed by atoms with Crippen LogP contribution in [0.2, 0.25) is 0 Å². The molecule has 0 spiro atoms. The molecule has 0 saturated carbocycles. The second-order valence-electron chi connectivity index (χ2n) is 4.92. The van der Waals surface area contributed by atoms with Gasteiger partial charge in [-0.1, -0.05) is 6.07 Å². The Bertz CT molecular complexity index is 541. The fourth-order valence-corrected chi connectivity index (χ4v) is 2.42. The fraction of sp³-hybridized carbons (Fsp3) is 0.500. The predicted molar refractivity (Wildman–Crippen MR) is 78.6 cm³/mol. The molecule has 1 atom stereocenters. The Kier molecular flexibility index (Phi) is 4.74. The number of likely N-dealkylation sites (N-methyl/N-ethyl adjacent to an activating group) is 1. The van der Waals surface area contributed by atoms with Crippen molar-refractivity contribution < 1.29 is 14.5 Å². The smallest absolute Gasteiger partial charge is 0.293 e. The number of para-hydroxylation sites is 1. The maximum atomic E-state index is 12.6. The third-order valence-electron chi connectivity index (χ3n) is 3.60. The van der Waals surface area contributed by atoms with Crippen LogP contribution in [-0.2, 0) is 4.74 Å². The number of amides is 1. The van der Waals surface area contributed by atoms with Crippen LogP contribution < -0.4 is 5.32 Å². The van der Waals surface area contributed by atoms with Gasteiger partial charge in [0.25, 0.3) is 11.6 Å². The molecule has 0 aromatic heterocycles. The lowest BCUT2D eigenvalue weighted by Crippen LogP contribution is -2.37. The quantitative estimate of drug-likeness (QED) is 0.662. The van der Waals surface area contributed by atoms with Crippen LogP contribution in [0.4, 0.5) is 11.4 Å². The minimum atomic E-state index is -0.479. The van der Waals surface area contributed by atoms with Gasteiger partial charge in [0.2, 0.25) is 0 Å². The van der Waals surface area contributed by atoms with Gasteiger partial charge in [-0.05, 0) is 19.4 Å². The van der Waals surface area contributed by atoms with E-state index in [0.717, 1.165) is 6.42 Å². The number of nitrogens with zero attached hydrogens (tertiary/aromatic N) is 2. The molecule has 21 heavy (non-hydrogen) atoms. The minimum Gasteiger partial charge on any atom is -0.379 e. The lowest BCUT2D eigenvalue weighted by atomic mass is 10.1. The molecule has 1 unspecified atom stereocenters. The maximum Gasteiger partial charge on any atom is 0.293 e. The van der Waals surface area contributed by atoms with Gasteiger partial charge in [0, 0.05) is 26.3 Å². The Balaban J connectivity index is 2.35. The van der Waals surface area contributed by atoms with Crippen LogP contribution in [0.25, 0.3) is 0 Å². The lowest BCUT2D eigenvalue weighted by molar-refractivity contribution is -0.384. The van der Waals surface area contributed by atoms with Crippen molar-refractivity contribution in [3.05, 3.63) is 33.9 Å². The van der Waals surface area contributed by atoms with Gasteiger partial charge in [-0.3, -0.25) is 14.9 Å². The van der Waals surface area contributed by atoms with Crippen LogP contribution >= 0.6 is 0 Å². The molecule has 1 heterocycles. The number of carbonyl (C=O) groups is 1. The van der Waals surface area contributed by atoms with Gasteiger partial charge in [0.05, 0.1) is 23.1 Å². The first-order chi connectivity index (χ1) is 10.1. The van der Waals surface area contributed by atoms with E-state index in [9.17, 15) is 14.9 Å². The summed E-state index contributed by atoms with van der Waals surface area (Å²) < 4.78 is 5.29. The van der Waals surface area contributed by atoms with Crippen molar-refractivity contribution in [3.8, 4) is 0 Å². The standard InChI is InChI=1S/C14H19N3O4/c1-3-15-13-11(5-4-6-12(13)17(19)20)14(18)16(2)10-7-8-21-9-10/h4-6,10,15H,3,7-9H2,1-2H3. The molecule has 0 aliphatic carbocycles. The van der Waals surface area contributed by atoms with Crippen LogP contribution in [0, 0.1) is 10.1 Å². The number of hydrogen-bond acceptors (Lipinski definition) is 5. The normalized spacial score (nSPS) is 17.5. The summed E-state index contributed by atoms with van der Waals surface area (Å²) in [6, 6.07) is 4.56. The van der Waals surface area contributed by atoms with Crippen molar-refractivity contribution in [2.75, 3.05) is 32.1 Å². The Morgan fingerprint density at radius 3 is 2.90 bits per heavy atom. The van der Waals surface area contributed by atoms with E-state index in [1.807, 2.05) is 6.92 Å². The summed E-state index contributed by atoms with van der Waals surface area (Å²) in [5, 5.41) is 14.1. The van der Waals surface area contributed by atoms with Crippen molar-refractivity contribution in [2.24, 2.45) is 0 Å².